The third kappa shape index (κ3) is 6.30. The van der Waals surface area contributed by atoms with Crippen molar-refractivity contribution < 1.29 is 26.3 Å². The summed E-state index contributed by atoms with van der Waals surface area (Å²) in [4.78, 5) is 13.0. The van der Waals surface area contributed by atoms with E-state index in [1.165, 1.54) is 36.9 Å². The molecule has 1 fully saturated rings. The SMILES string of the molecule is FC(F)(F)c1ccc(Nc2cc(CNC3CCCCC3)nc3nc(-c4ncccc4C(F)(F)F)ccc23)cc1. The van der Waals surface area contributed by atoms with Gasteiger partial charge in [-0.3, -0.25) is 4.98 Å². The lowest BCUT2D eigenvalue weighted by molar-refractivity contribution is -0.138. The van der Waals surface area contributed by atoms with Gasteiger partial charge >= 0.3 is 12.4 Å². The second-order valence-electron chi connectivity index (χ2n) is 9.54. The highest BCUT2D eigenvalue weighted by atomic mass is 19.4. The first-order valence-electron chi connectivity index (χ1n) is 12.6. The van der Waals surface area contributed by atoms with Gasteiger partial charge in [0, 0.05) is 29.9 Å². The van der Waals surface area contributed by atoms with E-state index in [-0.39, 0.29) is 17.0 Å². The normalized spacial score (nSPS) is 15.0. The summed E-state index contributed by atoms with van der Waals surface area (Å²) in [5, 5.41) is 7.12. The maximum atomic E-state index is 13.6. The van der Waals surface area contributed by atoms with Crippen LogP contribution in [0.5, 0.6) is 0 Å². The average molecular weight is 546 g/mol. The maximum absolute atomic E-state index is 13.6. The highest BCUT2D eigenvalue weighted by Crippen LogP contribution is 2.36. The van der Waals surface area contributed by atoms with Crippen LogP contribution in [-0.4, -0.2) is 21.0 Å². The van der Waals surface area contributed by atoms with Crippen LogP contribution in [0, 0.1) is 0 Å². The largest absolute Gasteiger partial charge is 0.418 e. The van der Waals surface area contributed by atoms with Gasteiger partial charge in [-0.25, -0.2) is 9.97 Å². The third-order valence-electron chi connectivity index (χ3n) is 6.75. The van der Waals surface area contributed by atoms with Gasteiger partial charge in [-0.15, -0.1) is 0 Å². The number of anilines is 2. The quantitative estimate of drug-likeness (QED) is 0.241. The van der Waals surface area contributed by atoms with Crippen molar-refractivity contribution in [2.45, 2.75) is 57.0 Å². The molecular formula is C28H25F6N5. The number of pyridine rings is 3. The monoisotopic (exact) mass is 545 g/mol. The first kappa shape index (κ1) is 26.9. The molecule has 0 saturated heterocycles. The zero-order valence-corrected chi connectivity index (χ0v) is 20.7. The average Bonchev–Trinajstić information content (AvgIpc) is 2.91. The van der Waals surface area contributed by atoms with Crippen molar-refractivity contribution in [2.75, 3.05) is 5.32 Å². The van der Waals surface area contributed by atoms with E-state index in [1.807, 2.05) is 0 Å². The van der Waals surface area contributed by atoms with Gasteiger partial charge in [-0.2, -0.15) is 26.3 Å². The molecule has 0 unspecified atom stereocenters. The van der Waals surface area contributed by atoms with Crippen LogP contribution in [0.25, 0.3) is 22.4 Å². The number of hydrogen-bond acceptors (Lipinski definition) is 5. The molecule has 0 amide bonds. The number of fused-ring (bicyclic) bond motifs is 1. The van der Waals surface area contributed by atoms with Gasteiger partial charge in [0.05, 0.1) is 28.2 Å². The molecule has 3 aromatic heterocycles. The van der Waals surface area contributed by atoms with E-state index in [2.05, 4.69) is 25.6 Å². The Kier molecular flexibility index (Phi) is 7.44. The predicted octanol–water partition coefficient (Wildman–Crippen LogP) is 7.90. The second-order valence-corrected chi connectivity index (χ2v) is 9.54. The van der Waals surface area contributed by atoms with Crippen LogP contribution in [-0.2, 0) is 18.9 Å². The molecule has 3 heterocycles. The zero-order valence-electron chi connectivity index (χ0n) is 20.7. The van der Waals surface area contributed by atoms with Gasteiger partial charge in [0.2, 0.25) is 0 Å². The van der Waals surface area contributed by atoms with Crippen LogP contribution >= 0.6 is 0 Å². The van der Waals surface area contributed by atoms with Crippen LogP contribution in [0.3, 0.4) is 0 Å². The molecule has 4 aromatic rings. The van der Waals surface area contributed by atoms with Crippen molar-refractivity contribution in [3.63, 3.8) is 0 Å². The van der Waals surface area contributed by atoms with Crippen molar-refractivity contribution in [2.24, 2.45) is 0 Å². The Bertz CT molecular complexity index is 1440. The highest BCUT2D eigenvalue weighted by molar-refractivity contribution is 5.92. The number of nitrogens with one attached hydrogen (secondary N) is 2. The van der Waals surface area contributed by atoms with Crippen molar-refractivity contribution in [1.29, 1.82) is 0 Å². The lowest BCUT2D eigenvalue weighted by atomic mass is 9.95. The lowest BCUT2D eigenvalue weighted by Gasteiger charge is -2.23. The van der Waals surface area contributed by atoms with Crippen molar-refractivity contribution in [3.05, 3.63) is 77.6 Å². The number of aromatic nitrogens is 3. The predicted molar refractivity (Wildman–Crippen MR) is 136 cm³/mol. The number of halogens is 6. The molecule has 1 aromatic carbocycles. The molecule has 39 heavy (non-hydrogen) atoms. The first-order chi connectivity index (χ1) is 18.6. The smallest absolute Gasteiger partial charge is 0.355 e. The van der Waals surface area contributed by atoms with Crippen LogP contribution in [0.1, 0.15) is 48.9 Å². The maximum Gasteiger partial charge on any atom is 0.418 e. The van der Waals surface area contributed by atoms with Gasteiger partial charge < -0.3 is 10.6 Å². The van der Waals surface area contributed by atoms with Crippen LogP contribution in [0.15, 0.2) is 60.8 Å². The van der Waals surface area contributed by atoms with E-state index in [0.717, 1.165) is 43.9 Å². The van der Waals surface area contributed by atoms with E-state index >= 15 is 0 Å². The van der Waals surface area contributed by atoms with Crippen LogP contribution in [0.2, 0.25) is 0 Å². The van der Waals surface area contributed by atoms with Crippen LogP contribution < -0.4 is 10.6 Å². The fourth-order valence-electron chi connectivity index (χ4n) is 4.77. The molecule has 0 radical (unpaired) electrons. The topological polar surface area (TPSA) is 62.7 Å². The van der Waals surface area contributed by atoms with Gasteiger partial charge in [-0.1, -0.05) is 19.3 Å². The summed E-state index contributed by atoms with van der Waals surface area (Å²) in [5.74, 6) is 0. The number of rotatable bonds is 6. The minimum Gasteiger partial charge on any atom is -0.355 e. The van der Waals surface area contributed by atoms with E-state index in [9.17, 15) is 26.3 Å². The first-order valence-corrected chi connectivity index (χ1v) is 12.6. The van der Waals surface area contributed by atoms with Gasteiger partial charge in [0.1, 0.15) is 5.69 Å². The summed E-state index contributed by atoms with van der Waals surface area (Å²) in [6.45, 7) is 0.408. The summed E-state index contributed by atoms with van der Waals surface area (Å²) in [6.07, 6.45) is -2.23. The Labute approximate surface area is 220 Å². The number of alkyl halides is 6. The molecule has 0 bridgehead atoms. The Morgan fingerprint density at radius 2 is 1.56 bits per heavy atom. The fraction of sp³-hybridized carbons (Fsp3) is 0.321. The molecule has 11 heteroatoms. The molecule has 1 aliphatic carbocycles. The number of benzene rings is 1. The molecule has 1 saturated carbocycles. The number of nitrogens with zero attached hydrogens (tertiary/aromatic N) is 3. The molecule has 1 aliphatic rings. The second kappa shape index (κ2) is 10.8. The summed E-state index contributed by atoms with van der Waals surface area (Å²) in [6, 6.07) is 11.9. The summed E-state index contributed by atoms with van der Waals surface area (Å²) in [5.41, 5.74) is -0.237. The van der Waals surface area contributed by atoms with E-state index in [4.69, 9.17) is 0 Å². The summed E-state index contributed by atoms with van der Waals surface area (Å²) < 4.78 is 79.9. The molecule has 5 nitrogen and oxygen atoms in total. The summed E-state index contributed by atoms with van der Waals surface area (Å²) in [7, 11) is 0. The van der Waals surface area contributed by atoms with Crippen molar-refractivity contribution in [1.82, 2.24) is 20.3 Å². The van der Waals surface area contributed by atoms with Crippen molar-refractivity contribution >= 4 is 22.4 Å². The van der Waals surface area contributed by atoms with E-state index < -0.39 is 23.5 Å². The van der Waals surface area contributed by atoms with Gasteiger partial charge in [0.15, 0.2) is 5.65 Å². The van der Waals surface area contributed by atoms with E-state index in [0.29, 0.717) is 35.0 Å². The minimum absolute atomic E-state index is 0.0146. The fourth-order valence-corrected chi connectivity index (χ4v) is 4.77. The molecule has 2 N–H and O–H groups in total. The molecule has 204 valence electrons. The standard InChI is InChI=1S/C28H25F6N5/c29-27(30,31)17-8-10-19(11-9-17)37-24-15-20(16-36-18-5-2-1-3-6-18)38-26-21(24)12-13-23(39-26)25-22(28(32,33)34)7-4-14-35-25/h4,7-15,18,36H,1-3,5-6,16H2,(H,37,38,39). The van der Waals surface area contributed by atoms with Crippen LogP contribution in [0.4, 0.5) is 37.7 Å². The van der Waals surface area contributed by atoms with Gasteiger partial charge in [-0.05, 0) is 67.4 Å². The Balaban J connectivity index is 1.53. The minimum atomic E-state index is -4.62. The third-order valence-corrected chi connectivity index (χ3v) is 6.75. The molecular weight excluding hydrogens is 520 g/mol. The van der Waals surface area contributed by atoms with Gasteiger partial charge in [0.25, 0.3) is 0 Å². The van der Waals surface area contributed by atoms with E-state index in [1.54, 1.807) is 12.1 Å². The molecule has 5 rings (SSSR count). The molecule has 0 spiro atoms. The highest BCUT2D eigenvalue weighted by Gasteiger charge is 2.35. The molecule has 0 atom stereocenters. The zero-order chi connectivity index (χ0) is 27.6. The summed E-state index contributed by atoms with van der Waals surface area (Å²) >= 11 is 0. The number of hydrogen-bond donors (Lipinski definition) is 2. The molecule has 0 aliphatic heterocycles. The Hall–Kier alpha value is -3.73. The lowest BCUT2D eigenvalue weighted by Crippen LogP contribution is -2.30. The Morgan fingerprint density at radius 3 is 2.26 bits per heavy atom. The Morgan fingerprint density at radius 1 is 0.821 bits per heavy atom. The van der Waals surface area contributed by atoms with Crippen molar-refractivity contribution in [3.8, 4) is 11.4 Å².